The van der Waals surface area contributed by atoms with Crippen LogP contribution < -0.4 is 0 Å². The first kappa shape index (κ1) is 12.8. The van der Waals surface area contributed by atoms with Crippen molar-refractivity contribution in [2.75, 3.05) is 0 Å². The second-order valence-corrected chi connectivity index (χ2v) is 5.48. The fourth-order valence-electron chi connectivity index (χ4n) is 2.60. The Kier molecular flexibility index (Phi) is 3.67. The van der Waals surface area contributed by atoms with Crippen LogP contribution in [0.15, 0.2) is 24.5 Å². The van der Waals surface area contributed by atoms with Gasteiger partial charge in [-0.25, -0.2) is 9.97 Å². The predicted octanol–water partition coefficient (Wildman–Crippen LogP) is 4.50. The molecular weight excluding hydrogens is 281 g/mol. The van der Waals surface area contributed by atoms with Gasteiger partial charge in [-0.05, 0) is 30.9 Å². The number of nitrogens with zero attached hydrogens (tertiary/aromatic N) is 3. The van der Waals surface area contributed by atoms with Crippen LogP contribution in [0.4, 0.5) is 0 Å². The van der Waals surface area contributed by atoms with Crippen molar-refractivity contribution >= 4 is 23.2 Å². The lowest BCUT2D eigenvalue weighted by Gasteiger charge is -2.13. The smallest absolute Gasteiger partial charge is 0.162 e. The first-order valence-electron chi connectivity index (χ1n) is 6.39. The number of pyridine rings is 1. The van der Waals surface area contributed by atoms with Gasteiger partial charge in [-0.3, -0.25) is 4.98 Å². The average molecular weight is 294 g/mol. The van der Waals surface area contributed by atoms with Crippen LogP contribution in [-0.2, 0) is 0 Å². The Labute approximate surface area is 122 Å². The van der Waals surface area contributed by atoms with Crippen molar-refractivity contribution in [1.82, 2.24) is 15.0 Å². The monoisotopic (exact) mass is 293 g/mol. The number of rotatable bonds is 2. The second-order valence-electron chi connectivity index (χ2n) is 4.76. The van der Waals surface area contributed by atoms with E-state index in [0.717, 1.165) is 24.0 Å². The van der Waals surface area contributed by atoms with Crippen LogP contribution in [0.1, 0.15) is 37.2 Å². The molecule has 0 bridgehead atoms. The zero-order chi connectivity index (χ0) is 13.2. The fraction of sp³-hybridized carbons (Fsp3) is 0.357. The van der Waals surface area contributed by atoms with Gasteiger partial charge in [0.05, 0.1) is 0 Å². The molecule has 0 saturated heterocycles. The van der Waals surface area contributed by atoms with Crippen molar-refractivity contribution in [3.8, 4) is 11.4 Å². The Morgan fingerprint density at radius 1 is 0.947 bits per heavy atom. The first-order valence-corrected chi connectivity index (χ1v) is 7.14. The minimum atomic E-state index is 0.409. The topological polar surface area (TPSA) is 38.7 Å². The fourth-order valence-corrected chi connectivity index (χ4v) is 3.29. The average Bonchev–Trinajstić information content (AvgIpc) is 2.93. The van der Waals surface area contributed by atoms with Gasteiger partial charge in [-0.1, -0.05) is 36.0 Å². The maximum Gasteiger partial charge on any atom is 0.162 e. The van der Waals surface area contributed by atoms with Gasteiger partial charge in [-0.2, -0.15) is 0 Å². The molecule has 0 aliphatic heterocycles. The lowest BCUT2D eigenvalue weighted by molar-refractivity contribution is 0.715. The van der Waals surface area contributed by atoms with E-state index < -0.39 is 0 Å². The van der Waals surface area contributed by atoms with Crippen LogP contribution in [0.25, 0.3) is 11.4 Å². The first-order chi connectivity index (χ1) is 9.25. The normalized spacial score (nSPS) is 15.9. The molecule has 1 fully saturated rings. The van der Waals surface area contributed by atoms with Gasteiger partial charge in [-0.15, -0.1) is 0 Å². The summed E-state index contributed by atoms with van der Waals surface area (Å²) in [5.41, 5.74) is 1.79. The van der Waals surface area contributed by atoms with Crippen LogP contribution in [0.3, 0.4) is 0 Å². The van der Waals surface area contributed by atoms with Crippen molar-refractivity contribution < 1.29 is 0 Å². The van der Waals surface area contributed by atoms with Gasteiger partial charge in [0.1, 0.15) is 10.3 Å². The summed E-state index contributed by atoms with van der Waals surface area (Å²) in [4.78, 5) is 12.8. The Morgan fingerprint density at radius 3 is 2.11 bits per heavy atom. The summed E-state index contributed by atoms with van der Waals surface area (Å²) in [6, 6.07) is 3.69. The van der Waals surface area contributed by atoms with Crippen LogP contribution in [-0.4, -0.2) is 15.0 Å². The van der Waals surface area contributed by atoms with Gasteiger partial charge >= 0.3 is 0 Å². The van der Waals surface area contributed by atoms with E-state index in [1.54, 1.807) is 12.4 Å². The quantitative estimate of drug-likeness (QED) is 0.765. The molecule has 0 N–H and O–H groups in total. The minimum Gasteiger partial charge on any atom is -0.265 e. The zero-order valence-corrected chi connectivity index (χ0v) is 11.8. The molecule has 0 spiro atoms. The van der Waals surface area contributed by atoms with Crippen LogP contribution in [0.5, 0.6) is 0 Å². The molecule has 0 unspecified atom stereocenters. The Hall–Kier alpha value is -1.19. The maximum absolute atomic E-state index is 6.31. The van der Waals surface area contributed by atoms with Gasteiger partial charge < -0.3 is 0 Å². The molecule has 1 aliphatic rings. The van der Waals surface area contributed by atoms with Crippen molar-refractivity contribution in [3.63, 3.8) is 0 Å². The highest BCUT2D eigenvalue weighted by molar-refractivity contribution is 6.34. The Bertz CT molecular complexity index is 557. The predicted molar refractivity (Wildman–Crippen MR) is 76.5 cm³/mol. The summed E-state index contributed by atoms with van der Waals surface area (Å²) in [5, 5.41) is 0.970. The summed E-state index contributed by atoms with van der Waals surface area (Å²) in [6.07, 6.45) is 8.10. The summed E-state index contributed by atoms with van der Waals surface area (Å²) >= 11 is 12.6. The highest BCUT2D eigenvalue weighted by Gasteiger charge is 2.24. The van der Waals surface area contributed by atoms with Crippen molar-refractivity contribution in [2.24, 2.45) is 0 Å². The van der Waals surface area contributed by atoms with E-state index in [9.17, 15) is 0 Å². The van der Waals surface area contributed by atoms with Gasteiger partial charge in [0.2, 0.25) is 0 Å². The molecular formula is C14H13Cl2N3. The van der Waals surface area contributed by atoms with E-state index in [1.165, 1.54) is 12.8 Å². The molecule has 0 atom stereocenters. The third-order valence-corrected chi connectivity index (χ3v) is 4.13. The SMILES string of the molecule is Clc1nc(-c2ccncc2)nc(Cl)c1C1CCCC1. The van der Waals surface area contributed by atoms with Gasteiger partial charge in [0, 0.05) is 23.5 Å². The lowest BCUT2D eigenvalue weighted by Crippen LogP contribution is -2.01. The number of hydrogen-bond acceptors (Lipinski definition) is 3. The Morgan fingerprint density at radius 2 is 1.53 bits per heavy atom. The molecule has 5 heteroatoms. The summed E-state index contributed by atoms with van der Waals surface area (Å²) in [6.45, 7) is 0. The number of aromatic nitrogens is 3. The Balaban J connectivity index is 2.02. The van der Waals surface area contributed by atoms with Crippen molar-refractivity contribution in [1.29, 1.82) is 0 Å². The van der Waals surface area contributed by atoms with Crippen molar-refractivity contribution in [2.45, 2.75) is 31.6 Å². The van der Waals surface area contributed by atoms with E-state index in [1.807, 2.05) is 12.1 Å². The standard InChI is InChI=1S/C14H13Cl2N3/c15-12-11(9-3-1-2-4-9)13(16)19-14(18-12)10-5-7-17-8-6-10/h5-9H,1-4H2. The molecule has 1 saturated carbocycles. The number of halogens is 2. The van der Waals surface area contributed by atoms with E-state index in [2.05, 4.69) is 15.0 Å². The van der Waals surface area contributed by atoms with E-state index in [-0.39, 0.29) is 0 Å². The van der Waals surface area contributed by atoms with Crippen molar-refractivity contribution in [3.05, 3.63) is 40.4 Å². The van der Waals surface area contributed by atoms with E-state index >= 15 is 0 Å². The number of hydrogen-bond donors (Lipinski definition) is 0. The van der Waals surface area contributed by atoms with Crippen LogP contribution in [0, 0.1) is 0 Å². The maximum atomic E-state index is 6.31. The zero-order valence-electron chi connectivity index (χ0n) is 10.3. The summed E-state index contributed by atoms with van der Waals surface area (Å²) < 4.78 is 0. The molecule has 2 aromatic rings. The van der Waals surface area contributed by atoms with Crippen LogP contribution >= 0.6 is 23.2 Å². The molecule has 3 nitrogen and oxygen atoms in total. The van der Waals surface area contributed by atoms with Crippen LogP contribution in [0.2, 0.25) is 10.3 Å². The second kappa shape index (κ2) is 5.43. The van der Waals surface area contributed by atoms with Gasteiger partial charge in [0.25, 0.3) is 0 Å². The molecule has 2 heterocycles. The highest BCUT2D eigenvalue weighted by atomic mass is 35.5. The summed E-state index contributed by atoms with van der Waals surface area (Å²) in [5.74, 6) is 0.964. The van der Waals surface area contributed by atoms with E-state index in [4.69, 9.17) is 23.2 Å². The third-order valence-electron chi connectivity index (χ3n) is 3.55. The highest BCUT2D eigenvalue weighted by Crippen LogP contribution is 2.40. The summed E-state index contributed by atoms with van der Waals surface area (Å²) in [7, 11) is 0. The molecule has 2 aromatic heterocycles. The van der Waals surface area contributed by atoms with E-state index in [0.29, 0.717) is 22.0 Å². The molecule has 1 aliphatic carbocycles. The molecule has 3 rings (SSSR count). The largest absolute Gasteiger partial charge is 0.265 e. The van der Waals surface area contributed by atoms with Gasteiger partial charge in [0.15, 0.2) is 5.82 Å². The third kappa shape index (κ3) is 2.58. The molecule has 0 amide bonds. The molecule has 0 radical (unpaired) electrons. The molecule has 0 aromatic carbocycles. The molecule has 98 valence electrons. The lowest BCUT2D eigenvalue weighted by atomic mass is 10.0. The minimum absolute atomic E-state index is 0.409. The molecule has 19 heavy (non-hydrogen) atoms.